The van der Waals surface area contributed by atoms with Crippen molar-refractivity contribution in [3.05, 3.63) is 35.9 Å². The Balaban J connectivity index is 2.33. The highest BCUT2D eigenvalue weighted by Gasteiger charge is 2.10. The average Bonchev–Trinajstić information content (AvgIpc) is 2.37. The summed E-state index contributed by atoms with van der Waals surface area (Å²) in [7, 11) is 0. The summed E-state index contributed by atoms with van der Waals surface area (Å²) in [6.45, 7) is 2.16. The van der Waals surface area contributed by atoms with Gasteiger partial charge in [0.2, 0.25) is 0 Å². The van der Waals surface area contributed by atoms with Crippen molar-refractivity contribution < 1.29 is 9.53 Å². The Hall–Kier alpha value is -2.02. The van der Waals surface area contributed by atoms with Gasteiger partial charge in [-0.05, 0) is 12.0 Å². The maximum atomic E-state index is 11.4. The van der Waals surface area contributed by atoms with Crippen molar-refractivity contribution in [1.82, 2.24) is 5.32 Å². The molecule has 4 heteroatoms. The number of ether oxygens (including phenoxy) is 1. The van der Waals surface area contributed by atoms with Crippen LogP contribution >= 0.6 is 0 Å². The van der Waals surface area contributed by atoms with Crippen LogP contribution in [0.2, 0.25) is 0 Å². The molecule has 1 aromatic rings. The van der Waals surface area contributed by atoms with E-state index < -0.39 is 6.09 Å². The Morgan fingerprint density at radius 2 is 2.18 bits per heavy atom. The Morgan fingerprint density at radius 3 is 2.76 bits per heavy atom. The molecule has 0 aromatic heterocycles. The minimum Gasteiger partial charge on any atom is -0.445 e. The molecule has 0 aliphatic heterocycles. The predicted octanol–water partition coefficient (Wildman–Crippen LogP) is 2.61. The second kappa shape index (κ2) is 7.29. The molecule has 1 rings (SSSR count). The molecule has 4 nitrogen and oxygen atoms in total. The van der Waals surface area contributed by atoms with Crippen LogP contribution in [0.25, 0.3) is 0 Å². The minimum atomic E-state index is -0.476. The third-order valence-electron chi connectivity index (χ3n) is 2.37. The lowest BCUT2D eigenvalue weighted by molar-refractivity contribution is 0.135. The number of nitrogens with one attached hydrogen (secondary N) is 1. The Bertz CT molecular complexity index is 384. The van der Waals surface area contributed by atoms with Crippen LogP contribution in [0.4, 0.5) is 4.79 Å². The molecule has 0 aliphatic rings. The average molecular weight is 232 g/mol. The standard InChI is InChI=1S/C13H16N2O2/c1-2-12(8-9-14)15-13(16)17-10-11-6-4-3-5-7-11/h3-7,12H,2,8,10H2,1H3,(H,15,16). The quantitative estimate of drug-likeness (QED) is 0.848. The van der Waals surface area contributed by atoms with E-state index in [2.05, 4.69) is 5.32 Å². The number of rotatable bonds is 5. The van der Waals surface area contributed by atoms with Gasteiger partial charge in [-0.25, -0.2) is 4.79 Å². The number of carbonyl (C=O) groups is 1. The third-order valence-corrected chi connectivity index (χ3v) is 2.37. The lowest BCUT2D eigenvalue weighted by atomic mass is 10.2. The van der Waals surface area contributed by atoms with Gasteiger partial charge in [-0.3, -0.25) is 0 Å². The maximum Gasteiger partial charge on any atom is 0.407 e. The maximum absolute atomic E-state index is 11.4. The van der Waals surface area contributed by atoms with Crippen molar-refractivity contribution in [3.8, 4) is 6.07 Å². The Kier molecular flexibility index (Phi) is 5.59. The molecule has 0 bridgehead atoms. The summed E-state index contributed by atoms with van der Waals surface area (Å²) in [5.41, 5.74) is 0.941. The molecule has 0 saturated carbocycles. The molecule has 1 N–H and O–H groups in total. The van der Waals surface area contributed by atoms with E-state index in [0.717, 1.165) is 5.56 Å². The predicted molar refractivity (Wildman–Crippen MR) is 64.1 cm³/mol. The van der Waals surface area contributed by atoms with Crippen LogP contribution < -0.4 is 5.32 Å². The van der Waals surface area contributed by atoms with Gasteiger partial charge in [0.05, 0.1) is 12.5 Å². The first-order valence-corrected chi connectivity index (χ1v) is 5.60. The van der Waals surface area contributed by atoms with Gasteiger partial charge in [-0.1, -0.05) is 37.3 Å². The van der Waals surface area contributed by atoms with Crippen molar-refractivity contribution in [2.24, 2.45) is 0 Å². The van der Waals surface area contributed by atoms with Gasteiger partial charge in [0.15, 0.2) is 0 Å². The zero-order chi connectivity index (χ0) is 12.5. The van der Waals surface area contributed by atoms with Gasteiger partial charge < -0.3 is 10.1 Å². The molecule has 0 aliphatic carbocycles. The van der Waals surface area contributed by atoms with Gasteiger partial charge in [0, 0.05) is 6.04 Å². The highest BCUT2D eigenvalue weighted by Crippen LogP contribution is 2.02. The fraction of sp³-hybridized carbons (Fsp3) is 0.385. The first-order chi connectivity index (χ1) is 8.26. The second-order valence-corrected chi connectivity index (χ2v) is 3.67. The highest BCUT2D eigenvalue weighted by atomic mass is 16.5. The molecule has 1 atom stereocenters. The SMILES string of the molecule is CCC(CC#N)NC(=O)OCc1ccccc1. The number of carbonyl (C=O) groups excluding carboxylic acids is 1. The van der Waals surface area contributed by atoms with Crippen LogP contribution in [0, 0.1) is 11.3 Å². The summed E-state index contributed by atoms with van der Waals surface area (Å²) in [4.78, 5) is 11.4. The van der Waals surface area contributed by atoms with Crippen LogP contribution in [-0.4, -0.2) is 12.1 Å². The number of nitriles is 1. The number of hydrogen-bond donors (Lipinski definition) is 1. The number of amides is 1. The van der Waals surface area contributed by atoms with Crippen LogP contribution in [0.1, 0.15) is 25.3 Å². The number of benzene rings is 1. The van der Waals surface area contributed by atoms with E-state index in [1.807, 2.05) is 43.3 Å². The van der Waals surface area contributed by atoms with Gasteiger partial charge in [-0.15, -0.1) is 0 Å². The molecule has 17 heavy (non-hydrogen) atoms. The number of nitrogens with zero attached hydrogens (tertiary/aromatic N) is 1. The molecular weight excluding hydrogens is 216 g/mol. The Labute approximate surface area is 101 Å². The summed E-state index contributed by atoms with van der Waals surface area (Å²) >= 11 is 0. The molecule has 0 fully saturated rings. The molecule has 1 aromatic carbocycles. The largest absolute Gasteiger partial charge is 0.445 e. The van der Waals surface area contributed by atoms with E-state index >= 15 is 0 Å². The summed E-state index contributed by atoms with van der Waals surface area (Å²) in [5.74, 6) is 0. The van der Waals surface area contributed by atoms with E-state index in [1.54, 1.807) is 0 Å². The normalized spacial score (nSPS) is 11.3. The van der Waals surface area contributed by atoms with Crippen molar-refractivity contribution >= 4 is 6.09 Å². The summed E-state index contributed by atoms with van der Waals surface area (Å²) < 4.78 is 5.05. The fourth-order valence-electron chi connectivity index (χ4n) is 1.34. The van der Waals surface area contributed by atoms with Crippen LogP contribution in [0.5, 0.6) is 0 Å². The van der Waals surface area contributed by atoms with E-state index in [4.69, 9.17) is 10.00 Å². The monoisotopic (exact) mass is 232 g/mol. The first-order valence-electron chi connectivity index (χ1n) is 5.60. The van der Waals surface area contributed by atoms with E-state index in [-0.39, 0.29) is 12.6 Å². The van der Waals surface area contributed by atoms with Gasteiger partial charge in [0.1, 0.15) is 6.61 Å². The molecule has 0 heterocycles. The van der Waals surface area contributed by atoms with Crippen molar-refractivity contribution in [2.45, 2.75) is 32.4 Å². The topological polar surface area (TPSA) is 62.1 Å². The molecule has 1 amide bonds. The summed E-state index contributed by atoms with van der Waals surface area (Å²) in [6, 6.07) is 11.4. The van der Waals surface area contributed by atoms with Crippen molar-refractivity contribution in [3.63, 3.8) is 0 Å². The second-order valence-electron chi connectivity index (χ2n) is 3.67. The molecule has 0 saturated heterocycles. The van der Waals surface area contributed by atoms with E-state index in [1.165, 1.54) is 0 Å². The van der Waals surface area contributed by atoms with Crippen LogP contribution in [0.3, 0.4) is 0 Å². The number of alkyl carbamates (subject to hydrolysis) is 1. The third kappa shape index (κ3) is 5.03. The zero-order valence-corrected chi connectivity index (χ0v) is 9.85. The first kappa shape index (κ1) is 13.0. The number of hydrogen-bond acceptors (Lipinski definition) is 3. The lowest BCUT2D eigenvalue weighted by Crippen LogP contribution is -2.34. The molecular formula is C13H16N2O2. The lowest BCUT2D eigenvalue weighted by Gasteiger charge is -2.13. The van der Waals surface area contributed by atoms with Gasteiger partial charge in [-0.2, -0.15) is 5.26 Å². The highest BCUT2D eigenvalue weighted by molar-refractivity contribution is 5.67. The smallest absolute Gasteiger partial charge is 0.407 e. The van der Waals surface area contributed by atoms with E-state index in [0.29, 0.717) is 12.8 Å². The molecule has 1 unspecified atom stereocenters. The summed E-state index contributed by atoms with van der Waals surface area (Å²) in [5, 5.41) is 11.2. The minimum absolute atomic E-state index is 0.136. The van der Waals surface area contributed by atoms with Crippen molar-refractivity contribution in [2.75, 3.05) is 0 Å². The van der Waals surface area contributed by atoms with Crippen LogP contribution in [-0.2, 0) is 11.3 Å². The van der Waals surface area contributed by atoms with E-state index in [9.17, 15) is 4.79 Å². The Morgan fingerprint density at radius 1 is 1.47 bits per heavy atom. The molecule has 90 valence electrons. The van der Waals surface area contributed by atoms with Crippen molar-refractivity contribution in [1.29, 1.82) is 5.26 Å². The molecule has 0 radical (unpaired) electrons. The zero-order valence-electron chi connectivity index (χ0n) is 9.85. The summed E-state index contributed by atoms with van der Waals surface area (Å²) in [6.07, 6.45) is 0.543. The van der Waals surface area contributed by atoms with Crippen LogP contribution in [0.15, 0.2) is 30.3 Å². The van der Waals surface area contributed by atoms with Gasteiger partial charge in [0.25, 0.3) is 0 Å². The fourth-order valence-corrected chi connectivity index (χ4v) is 1.34. The molecule has 0 spiro atoms. The van der Waals surface area contributed by atoms with Gasteiger partial charge >= 0.3 is 6.09 Å².